The van der Waals surface area contributed by atoms with Crippen molar-refractivity contribution < 1.29 is 43.9 Å². The fourth-order valence-corrected chi connectivity index (χ4v) is 1.10. The Morgan fingerprint density at radius 2 is 2.33 bits per heavy atom. The first-order valence-electron chi connectivity index (χ1n) is 3.57. The van der Waals surface area contributed by atoms with Crippen LogP contribution in [0.4, 0.5) is 0 Å². The molecule has 62 valence electrons. The summed E-state index contributed by atoms with van der Waals surface area (Å²) < 4.78 is 4.46. The first-order valence-corrected chi connectivity index (χ1v) is 3.57. The van der Waals surface area contributed by atoms with Gasteiger partial charge >= 0.3 is 35.5 Å². The van der Waals surface area contributed by atoms with E-state index in [9.17, 15) is 9.59 Å². The maximum absolute atomic E-state index is 11.1. The molecule has 4 nitrogen and oxygen atoms in total. The van der Waals surface area contributed by atoms with Gasteiger partial charge in [-0.25, -0.2) is 0 Å². The van der Waals surface area contributed by atoms with Crippen molar-refractivity contribution >= 4 is 11.8 Å². The third-order valence-corrected chi connectivity index (χ3v) is 1.77. The number of ketones is 1. The van der Waals surface area contributed by atoms with E-state index in [1.54, 1.807) is 0 Å². The molecule has 0 aromatic carbocycles. The Balaban J connectivity index is 0.00000121. The number of carbonyl (C=O) groups excluding carboxylic acids is 2. The van der Waals surface area contributed by atoms with Gasteiger partial charge in [0, 0.05) is 19.5 Å². The van der Waals surface area contributed by atoms with Crippen molar-refractivity contribution in [3.05, 3.63) is 0 Å². The molecule has 1 saturated heterocycles. The molecule has 5 heteroatoms. The van der Waals surface area contributed by atoms with Gasteiger partial charge in [-0.05, 0) is 0 Å². The molecule has 1 atom stereocenters. The Labute approximate surface area is 93.3 Å². The molecule has 1 N–H and O–H groups in total. The number of nitrogens with one attached hydrogen (secondary N) is 1. The standard InChI is InChI=1S/C7H11NO3.Na/c1-11-7(10)5-4-8-3-2-6(5)9;/h5,8H,2-4H2,1H3;/q;+1. The molecule has 1 aliphatic rings. The summed E-state index contributed by atoms with van der Waals surface area (Å²) in [5.41, 5.74) is 0. The van der Waals surface area contributed by atoms with E-state index in [1.165, 1.54) is 7.11 Å². The first kappa shape index (κ1) is 12.1. The quantitative estimate of drug-likeness (QED) is 0.257. The van der Waals surface area contributed by atoms with Crippen LogP contribution in [0.5, 0.6) is 0 Å². The van der Waals surface area contributed by atoms with E-state index in [0.29, 0.717) is 19.5 Å². The molecule has 0 bridgehead atoms. The Morgan fingerprint density at radius 1 is 1.67 bits per heavy atom. The Hall–Kier alpha value is 0.1000. The summed E-state index contributed by atoms with van der Waals surface area (Å²) in [6.45, 7) is 1.10. The van der Waals surface area contributed by atoms with E-state index in [1.807, 2.05) is 0 Å². The number of hydrogen-bond donors (Lipinski definition) is 1. The monoisotopic (exact) mass is 180 g/mol. The van der Waals surface area contributed by atoms with Gasteiger partial charge in [0.2, 0.25) is 0 Å². The predicted octanol–water partition coefficient (Wildman–Crippen LogP) is -3.66. The zero-order valence-corrected chi connectivity index (χ0v) is 9.42. The van der Waals surface area contributed by atoms with Crippen LogP contribution in [0.15, 0.2) is 0 Å². The van der Waals surface area contributed by atoms with Crippen LogP contribution in [0.3, 0.4) is 0 Å². The van der Waals surface area contributed by atoms with E-state index < -0.39 is 11.9 Å². The molecule has 0 amide bonds. The molecule has 0 saturated carbocycles. The summed E-state index contributed by atoms with van der Waals surface area (Å²) in [7, 11) is 1.30. The minimum Gasteiger partial charge on any atom is -0.468 e. The molecule has 0 aliphatic carbocycles. The van der Waals surface area contributed by atoms with Crippen molar-refractivity contribution in [2.24, 2.45) is 5.92 Å². The average molecular weight is 180 g/mol. The Bertz CT molecular complexity index is 175. The van der Waals surface area contributed by atoms with Crippen LogP contribution < -0.4 is 34.9 Å². The fraction of sp³-hybridized carbons (Fsp3) is 0.714. The van der Waals surface area contributed by atoms with Gasteiger partial charge in [-0.1, -0.05) is 0 Å². The third-order valence-electron chi connectivity index (χ3n) is 1.77. The summed E-state index contributed by atoms with van der Waals surface area (Å²) in [5, 5.41) is 2.96. The van der Waals surface area contributed by atoms with Crippen molar-refractivity contribution in [1.29, 1.82) is 0 Å². The van der Waals surface area contributed by atoms with Gasteiger partial charge < -0.3 is 10.1 Å². The van der Waals surface area contributed by atoms with Crippen LogP contribution >= 0.6 is 0 Å². The maximum atomic E-state index is 11.1. The van der Waals surface area contributed by atoms with Gasteiger partial charge in [0.15, 0.2) is 0 Å². The van der Waals surface area contributed by atoms with E-state index in [2.05, 4.69) is 10.1 Å². The summed E-state index contributed by atoms with van der Waals surface area (Å²) in [4.78, 5) is 21.9. The molecule has 1 aliphatic heterocycles. The summed E-state index contributed by atoms with van der Waals surface area (Å²) in [6.07, 6.45) is 0.430. The van der Waals surface area contributed by atoms with Gasteiger partial charge in [0.1, 0.15) is 11.7 Å². The van der Waals surface area contributed by atoms with Crippen molar-refractivity contribution in [1.82, 2.24) is 5.32 Å². The second kappa shape index (κ2) is 5.70. The third kappa shape index (κ3) is 2.86. The SMILES string of the molecule is COC(=O)C1CNCCC1=O.[Na+]. The Kier molecular flexibility index (Phi) is 5.74. The van der Waals surface area contributed by atoms with Crippen molar-refractivity contribution in [3.63, 3.8) is 0 Å². The molecule has 0 spiro atoms. The molecular weight excluding hydrogens is 169 g/mol. The number of ether oxygens (including phenoxy) is 1. The maximum Gasteiger partial charge on any atom is 1.00 e. The van der Waals surface area contributed by atoms with Crippen LogP contribution in [-0.2, 0) is 14.3 Å². The normalized spacial score (nSPS) is 22.8. The predicted molar refractivity (Wildman–Crippen MR) is 38.0 cm³/mol. The van der Waals surface area contributed by atoms with Gasteiger partial charge in [-0.15, -0.1) is 0 Å². The average Bonchev–Trinajstić information content (AvgIpc) is 2.04. The second-order valence-corrected chi connectivity index (χ2v) is 2.50. The summed E-state index contributed by atoms with van der Waals surface area (Å²) >= 11 is 0. The summed E-state index contributed by atoms with van der Waals surface area (Å²) in [5.74, 6) is -1.02. The Morgan fingerprint density at radius 3 is 2.83 bits per heavy atom. The van der Waals surface area contributed by atoms with Crippen LogP contribution in [-0.4, -0.2) is 32.0 Å². The number of piperidine rings is 1. The van der Waals surface area contributed by atoms with Crippen LogP contribution in [0.25, 0.3) is 0 Å². The molecule has 1 unspecified atom stereocenters. The van der Waals surface area contributed by atoms with Gasteiger partial charge in [-0.2, -0.15) is 0 Å². The fourth-order valence-electron chi connectivity index (χ4n) is 1.10. The number of Topliss-reactive ketones (excluding diaryl/α,β-unsaturated/α-hetero) is 1. The molecule has 1 fully saturated rings. The number of rotatable bonds is 1. The van der Waals surface area contributed by atoms with E-state index in [0.717, 1.165) is 0 Å². The van der Waals surface area contributed by atoms with Gasteiger partial charge in [0.05, 0.1) is 7.11 Å². The van der Waals surface area contributed by atoms with Crippen molar-refractivity contribution in [2.45, 2.75) is 6.42 Å². The minimum absolute atomic E-state index is 0. The van der Waals surface area contributed by atoms with E-state index in [4.69, 9.17) is 0 Å². The van der Waals surface area contributed by atoms with Crippen molar-refractivity contribution in [3.8, 4) is 0 Å². The largest absolute Gasteiger partial charge is 1.00 e. The molecular formula is C7H11NNaO3+. The molecule has 0 aromatic rings. The minimum atomic E-state index is -0.575. The smallest absolute Gasteiger partial charge is 0.468 e. The molecule has 1 rings (SSSR count). The molecule has 1 heterocycles. The topological polar surface area (TPSA) is 55.4 Å². The van der Waals surface area contributed by atoms with Gasteiger partial charge in [0.25, 0.3) is 0 Å². The zero-order chi connectivity index (χ0) is 8.27. The van der Waals surface area contributed by atoms with Crippen LogP contribution in [0.1, 0.15) is 6.42 Å². The van der Waals surface area contributed by atoms with Gasteiger partial charge in [-0.3, -0.25) is 9.59 Å². The number of esters is 1. The molecule has 12 heavy (non-hydrogen) atoms. The number of carbonyl (C=O) groups is 2. The number of methoxy groups -OCH3 is 1. The van der Waals surface area contributed by atoms with E-state index in [-0.39, 0.29) is 35.3 Å². The second-order valence-electron chi connectivity index (χ2n) is 2.50. The summed E-state index contributed by atoms with van der Waals surface area (Å²) in [6, 6.07) is 0. The first-order chi connectivity index (χ1) is 5.25. The molecule has 0 aromatic heterocycles. The van der Waals surface area contributed by atoms with Crippen LogP contribution in [0, 0.1) is 5.92 Å². The van der Waals surface area contributed by atoms with Crippen molar-refractivity contribution in [2.75, 3.05) is 20.2 Å². The molecule has 0 radical (unpaired) electrons. The van der Waals surface area contributed by atoms with E-state index >= 15 is 0 Å². The van der Waals surface area contributed by atoms with Crippen LogP contribution in [0.2, 0.25) is 0 Å². The zero-order valence-electron chi connectivity index (χ0n) is 7.42. The number of hydrogen-bond acceptors (Lipinski definition) is 4.